The van der Waals surface area contributed by atoms with Crippen molar-refractivity contribution in [2.45, 2.75) is 12.5 Å². The Morgan fingerprint density at radius 3 is 2.29 bits per heavy atom. The first-order valence-electron chi connectivity index (χ1n) is 4.85. The minimum atomic E-state index is -1.10. The van der Waals surface area contributed by atoms with Crippen LogP contribution in [-0.2, 0) is 16.0 Å². The van der Waals surface area contributed by atoms with Crippen LogP contribution in [0.25, 0.3) is 0 Å². The summed E-state index contributed by atoms with van der Waals surface area (Å²) < 4.78 is 36.1. The molecule has 2 N–H and O–H groups in total. The molecule has 0 amide bonds. The van der Waals surface area contributed by atoms with Gasteiger partial charge in [-0.15, -0.1) is 0 Å². The Labute approximate surface area is 97.3 Å². The third-order valence-electron chi connectivity index (χ3n) is 2.28. The van der Waals surface area contributed by atoms with Gasteiger partial charge in [-0.3, -0.25) is 4.79 Å². The number of esters is 1. The molecule has 17 heavy (non-hydrogen) atoms. The zero-order valence-electron chi connectivity index (χ0n) is 9.50. The van der Waals surface area contributed by atoms with Gasteiger partial charge >= 0.3 is 5.97 Å². The number of halogens is 2. The van der Waals surface area contributed by atoms with Gasteiger partial charge in [-0.05, 0) is 0 Å². The number of carbonyl (C=O) groups excluding carboxylic acids is 1. The molecule has 1 aromatic rings. The van der Waals surface area contributed by atoms with Crippen molar-refractivity contribution in [3.05, 3.63) is 29.3 Å². The number of methoxy groups -OCH3 is 2. The second-order valence-corrected chi connectivity index (χ2v) is 3.40. The lowest BCUT2D eigenvalue weighted by Crippen LogP contribution is -2.34. The zero-order chi connectivity index (χ0) is 13.0. The Bertz CT molecular complexity index is 400. The molecule has 1 rings (SSSR count). The molecule has 0 saturated heterocycles. The van der Waals surface area contributed by atoms with E-state index >= 15 is 0 Å². The molecule has 0 radical (unpaired) electrons. The van der Waals surface area contributed by atoms with Crippen molar-refractivity contribution in [3.8, 4) is 5.75 Å². The van der Waals surface area contributed by atoms with E-state index in [0.29, 0.717) is 0 Å². The fourth-order valence-corrected chi connectivity index (χ4v) is 1.35. The monoisotopic (exact) mass is 245 g/mol. The van der Waals surface area contributed by atoms with E-state index in [4.69, 9.17) is 10.5 Å². The molecule has 0 aromatic heterocycles. The molecule has 0 fully saturated rings. The number of nitrogens with two attached hydrogens (primary N) is 1. The van der Waals surface area contributed by atoms with Crippen LogP contribution in [0, 0.1) is 11.6 Å². The van der Waals surface area contributed by atoms with Gasteiger partial charge in [0.1, 0.15) is 23.4 Å². The van der Waals surface area contributed by atoms with Crippen molar-refractivity contribution in [1.29, 1.82) is 0 Å². The smallest absolute Gasteiger partial charge is 0.322 e. The fraction of sp³-hybridized carbons (Fsp3) is 0.364. The summed E-state index contributed by atoms with van der Waals surface area (Å²) >= 11 is 0. The van der Waals surface area contributed by atoms with Crippen LogP contribution in [0.1, 0.15) is 5.56 Å². The van der Waals surface area contributed by atoms with Crippen molar-refractivity contribution >= 4 is 5.97 Å². The lowest BCUT2D eigenvalue weighted by Gasteiger charge is -2.11. The number of hydrogen-bond donors (Lipinski definition) is 1. The van der Waals surface area contributed by atoms with E-state index in [1.54, 1.807) is 0 Å². The highest BCUT2D eigenvalue weighted by Gasteiger charge is 2.20. The first kappa shape index (κ1) is 13.4. The van der Waals surface area contributed by atoms with Crippen LogP contribution in [0.15, 0.2) is 12.1 Å². The molecular formula is C11H13F2NO3. The third kappa shape index (κ3) is 3.13. The normalized spacial score (nSPS) is 12.1. The molecule has 0 unspecified atom stereocenters. The first-order valence-corrected chi connectivity index (χ1v) is 4.85. The number of rotatable bonds is 4. The van der Waals surface area contributed by atoms with E-state index < -0.39 is 23.6 Å². The summed E-state index contributed by atoms with van der Waals surface area (Å²) in [5.74, 6) is -2.27. The van der Waals surface area contributed by atoms with E-state index in [-0.39, 0.29) is 17.7 Å². The zero-order valence-corrected chi connectivity index (χ0v) is 9.50. The van der Waals surface area contributed by atoms with Crippen LogP contribution in [0.4, 0.5) is 8.78 Å². The highest BCUT2D eigenvalue weighted by atomic mass is 19.1. The Morgan fingerprint density at radius 2 is 1.88 bits per heavy atom. The third-order valence-corrected chi connectivity index (χ3v) is 2.28. The maximum Gasteiger partial charge on any atom is 0.322 e. The molecule has 0 aliphatic carbocycles. The number of benzene rings is 1. The van der Waals surface area contributed by atoms with Crippen LogP contribution < -0.4 is 10.5 Å². The van der Waals surface area contributed by atoms with Gasteiger partial charge < -0.3 is 15.2 Å². The molecule has 0 spiro atoms. The van der Waals surface area contributed by atoms with Gasteiger partial charge in [-0.1, -0.05) is 0 Å². The van der Waals surface area contributed by atoms with E-state index in [1.165, 1.54) is 7.11 Å². The summed E-state index contributed by atoms with van der Waals surface area (Å²) in [6.07, 6.45) is -0.270. The van der Waals surface area contributed by atoms with E-state index in [9.17, 15) is 13.6 Å². The van der Waals surface area contributed by atoms with Gasteiger partial charge in [-0.2, -0.15) is 0 Å². The van der Waals surface area contributed by atoms with Crippen molar-refractivity contribution in [1.82, 2.24) is 0 Å². The van der Waals surface area contributed by atoms with E-state index in [1.807, 2.05) is 0 Å². The molecule has 0 saturated carbocycles. The van der Waals surface area contributed by atoms with Crippen LogP contribution in [0.5, 0.6) is 5.75 Å². The fourth-order valence-electron chi connectivity index (χ4n) is 1.35. The highest BCUT2D eigenvalue weighted by Crippen LogP contribution is 2.21. The SMILES string of the molecule is COC(=O)[C@H](N)Cc1c(F)cc(OC)cc1F. The molecule has 0 aliphatic rings. The summed E-state index contributed by atoms with van der Waals surface area (Å²) in [5.41, 5.74) is 5.17. The van der Waals surface area contributed by atoms with E-state index in [0.717, 1.165) is 19.2 Å². The Balaban J connectivity index is 2.95. The van der Waals surface area contributed by atoms with Crippen molar-refractivity contribution in [3.63, 3.8) is 0 Å². The molecule has 94 valence electrons. The summed E-state index contributed by atoms with van der Waals surface area (Å²) in [6.45, 7) is 0. The molecule has 1 atom stereocenters. The second kappa shape index (κ2) is 5.58. The van der Waals surface area contributed by atoms with Crippen LogP contribution >= 0.6 is 0 Å². The summed E-state index contributed by atoms with van der Waals surface area (Å²) in [6, 6.07) is 0.961. The molecule has 4 nitrogen and oxygen atoms in total. The van der Waals surface area contributed by atoms with Gasteiger partial charge in [0.05, 0.1) is 14.2 Å². The van der Waals surface area contributed by atoms with Crippen LogP contribution in [0.3, 0.4) is 0 Å². The van der Waals surface area contributed by atoms with Crippen LogP contribution in [-0.4, -0.2) is 26.2 Å². The summed E-state index contributed by atoms with van der Waals surface area (Å²) in [4.78, 5) is 11.0. The summed E-state index contributed by atoms with van der Waals surface area (Å²) in [7, 11) is 2.46. The molecule has 6 heteroatoms. The van der Waals surface area contributed by atoms with Crippen molar-refractivity contribution in [2.24, 2.45) is 5.73 Å². The number of carbonyl (C=O) groups is 1. The lowest BCUT2D eigenvalue weighted by atomic mass is 10.1. The highest BCUT2D eigenvalue weighted by molar-refractivity contribution is 5.75. The van der Waals surface area contributed by atoms with Crippen LogP contribution in [0.2, 0.25) is 0 Å². The minimum Gasteiger partial charge on any atom is -0.497 e. The van der Waals surface area contributed by atoms with Gasteiger partial charge in [0, 0.05) is 24.1 Å². The lowest BCUT2D eigenvalue weighted by molar-refractivity contribution is -0.142. The Kier molecular flexibility index (Phi) is 4.39. The molecule has 0 heterocycles. The molecule has 0 bridgehead atoms. The second-order valence-electron chi connectivity index (χ2n) is 3.40. The maximum atomic E-state index is 13.5. The Hall–Kier alpha value is -1.69. The standard InChI is InChI=1S/C11H13F2NO3/c1-16-6-3-8(12)7(9(13)4-6)5-10(14)11(15)17-2/h3-4,10H,5,14H2,1-2H3/t10-/m1/s1. The van der Waals surface area contributed by atoms with Gasteiger partial charge in [0.2, 0.25) is 0 Å². The minimum absolute atomic E-state index is 0.0652. The number of hydrogen-bond acceptors (Lipinski definition) is 4. The predicted molar refractivity (Wildman–Crippen MR) is 56.6 cm³/mol. The molecule has 0 aliphatic heterocycles. The van der Waals surface area contributed by atoms with Gasteiger partial charge in [0.15, 0.2) is 0 Å². The molecule has 1 aromatic carbocycles. The quantitative estimate of drug-likeness (QED) is 0.804. The molecular weight excluding hydrogens is 232 g/mol. The predicted octanol–water partition coefficient (Wildman–Crippen LogP) is 1.02. The average Bonchev–Trinajstić information content (AvgIpc) is 2.31. The summed E-state index contributed by atoms with van der Waals surface area (Å²) in [5, 5.41) is 0. The van der Waals surface area contributed by atoms with Gasteiger partial charge in [0.25, 0.3) is 0 Å². The first-order chi connectivity index (χ1) is 7.99. The largest absolute Gasteiger partial charge is 0.497 e. The maximum absolute atomic E-state index is 13.5. The average molecular weight is 245 g/mol. The van der Waals surface area contributed by atoms with Crippen molar-refractivity contribution in [2.75, 3.05) is 14.2 Å². The topological polar surface area (TPSA) is 61.5 Å². The van der Waals surface area contributed by atoms with Gasteiger partial charge in [-0.25, -0.2) is 8.78 Å². The number of ether oxygens (including phenoxy) is 2. The Morgan fingerprint density at radius 1 is 1.35 bits per heavy atom. The van der Waals surface area contributed by atoms with Crippen molar-refractivity contribution < 1.29 is 23.0 Å². The van der Waals surface area contributed by atoms with E-state index in [2.05, 4.69) is 4.74 Å².